The zero-order chi connectivity index (χ0) is 28.3. The van der Waals surface area contributed by atoms with Crippen molar-refractivity contribution in [1.82, 2.24) is 10.2 Å². The highest BCUT2D eigenvalue weighted by Gasteiger charge is 2.36. The molecule has 2 unspecified atom stereocenters. The molecule has 8 nitrogen and oxygen atoms in total. The summed E-state index contributed by atoms with van der Waals surface area (Å²) < 4.78 is 5.38. The second-order valence-electron chi connectivity index (χ2n) is 9.91. The maximum atomic E-state index is 13.9. The number of nitrogens with zero attached hydrogens (tertiary/aromatic N) is 2. The number of ether oxygens (including phenoxy) is 1. The number of alkyl carbamates (subject to hydrolysis) is 1. The van der Waals surface area contributed by atoms with Crippen LogP contribution in [0.4, 0.5) is 10.5 Å². The lowest BCUT2D eigenvalue weighted by molar-refractivity contribution is -0.140. The number of hydrogen-bond acceptors (Lipinski definition) is 6. The molecule has 0 aliphatic heterocycles. The van der Waals surface area contributed by atoms with Gasteiger partial charge in [0.15, 0.2) is 0 Å². The lowest BCUT2D eigenvalue weighted by atomic mass is 10.00. The number of para-hydroxylation sites is 1. The second kappa shape index (κ2) is 14.4. The van der Waals surface area contributed by atoms with E-state index in [4.69, 9.17) is 4.74 Å². The van der Waals surface area contributed by atoms with Crippen molar-refractivity contribution in [3.63, 3.8) is 0 Å². The third kappa shape index (κ3) is 9.10. The van der Waals surface area contributed by atoms with Crippen LogP contribution in [-0.4, -0.2) is 53.0 Å². The van der Waals surface area contributed by atoms with E-state index in [0.29, 0.717) is 23.4 Å². The number of nitriles is 1. The third-order valence-corrected chi connectivity index (χ3v) is 6.43. The molecule has 0 radical (unpaired) electrons. The first kappa shape index (κ1) is 30.7. The minimum absolute atomic E-state index is 0.308. The summed E-state index contributed by atoms with van der Waals surface area (Å²) in [5, 5.41) is 15.3. The maximum absolute atomic E-state index is 13.9. The van der Waals surface area contributed by atoms with Crippen LogP contribution in [0, 0.1) is 18.3 Å². The molecule has 0 bridgehead atoms. The van der Waals surface area contributed by atoms with Crippen molar-refractivity contribution < 1.29 is 19.1 Å². The van der Waals surface area contributed by atoms with Crippen LogP contribution in [0.3, 0.4) is 0 Å². The highest BCUT2D eigenvalue weighted by Crippen LogP contribution is 2.26. The third-order valence-electron chi connectivity index (χ3n) is 5.79. The van der Waals surface area contributed by atoms with E-state index in [1.807, 2.05) is 56.5 Å². The summed E-state index contributed by atoms with van der Waals surface area (Å²) in [6.45, 7) is 8.77. The van der Waals surface area contributed by atoms with Crippen LogP contribution < -0.4 is 10.6 Å². The van der Waals surface area contributed by atoms with Crippen LogP contribution in [0.25, 0.3) is 0 Å². The molecule has 0 spiro atoms. The number of carbonyl (C=O) groups is 3. The highest BCUT2D eigenvalue weighted by atomic mass is 32.2. The van der Waals surface area contributed by atoms with Gasteiger partial charge >= 0.3 is 6.09 Å². The number of benzene rings is 2. The maximum Gasteiger partial charge on any atom is 0.408 e. The van der Waals surface area contributed by atoms with Crippen LogP contribution in [0.2, 0.25) is 0 Å². The molecule has 3 amide bonds. The minimum Gasteiger partial charge on any atom is -0.444 e. The molecular weight excluding hydrogens is 500 g/mol. The number of amides is 3. The van der Waals surface area contributed by atoms with Crippen LogP contribution in [0.15, 0.2) is 48.5 Å². The Morgan fingerprint density at radius 1 is 1.11 bits per heavy atom. The predicted molar refractivity (Wildman–Crippen MR) is 152 cm³/mol. The molecule has 0 aromatic heterocycles. The van der Waals surface area contributed by atoms with E-state index in [1.54, 1.807) is 39.0 Å². The molecular formula is C29H38N4O4S. The van der Waals surface area contributed by atoms with Crippen molar-refractivity contribution in [2.45, 2.75) is 65.1 Å². The first-order valence-corrected chi connectivity index (χ1v) is 14.0. The fourth-order valence-corrected chi connectivity index (χ4v) is 4.31. The Morgan fingerprint density at radius 2 is 1.76 bits per heavy atom. The quantitative estimate of drug-likeness (QED) is 0.379. The minimum atomic E-state index is -1.09. The lowest BCUT2D eigenvalue weighted by Gasteiger charge is -2.33. The van der Waals surface area contributed by atoms with Gasteiger partial charge in [-0.25, -0.2) is 4.79 Å². The first-order chi connectivity index (χ1) is 18.0. The van der Waals surface area contributed by atoms with Gasteiger partial charge < -0.3 is 20.3 Å². The molecule has 2 aromatic carbocycles. The van der Waals surface area contributed by atoms with Crippen molar-refractivity contribution in [2.75, 3.05) is 23.9 Å². The molecule has 0 heterocycles. The Morgan fingerprint density at radius 3 is 2.32 bits per heavy atom. The average Bonchev–Trinajstić information content (AvgIpc) is 2.86. The van der Waals surface area contributed by atoms with Gasteiger partial charge in [0.25, 0.3) is 5.91 Å². The summed E-state index contributed by atoms with van der Waals surface area (Å²) in [6, 6.07) is 14.7. The number of aryl methyl sites for hydroxylation is 2. The van der Waals surface area contributed by atoms with Crippen LogP contribution in [0.5, 0.6) is 0 Å². The highest BCUT2D eigenvalue weighted by molar-refractivity contribution is 7.98. The standard InChI is InChI=1S/C29H38N4O4S/c1-7-21-12-14-22(15-13-21)25(26(34)31-23-11-9-8-10-20(23)2)33(18-17-30)27(35)24(16-19-38-6)32-28(36)37-29(3,4)5/h8-15,24-25H,7,16,18-19H2,1-6H3,(H,31,34)(H,32,36). The summed E-state index contributed by atoms with van der Waals surface area (Å²) in [7, 11) is 0. The average molecular weight is 539 g/mol. The van der Waals surface area contributed by atoms with Crippen molar-refractivity contribution in [1.29, 1.82) is 5.26 Å². The van der Waals surface area contributed by atoms with E-state index in [0.717, 1.165) is 17.5 Å². The number of nitrogens with one attached hydrogen (secondary N) is 2. The summed E-state index contributed by atoms with van der Waals surface area (Å²) in [6.07, 6.45) is 2.29. The van der Waals surface area contributed by atoms with Crippen LogP contribution >= 0.6 is 11.8 Å². The Labute approximate surface area is 230 Å². The smallest absolute Gasteiger partial charge is 0.408 e. The summed E-state index contributed by atoms with van der Waals surface area (Å²) >= 11 is 1.52. The topological polar surface area (TPSA) is 112 Å². The van der Waals surface area contributed by atoms with Crippen LogP contribution in [0.1, 0.15) is 56.8 Å². The molecule has 0 saturated carbocycles. The molecule has 0 aliphatic carbocycles. The van der Waals surface area contributed by atoms with E-state index >= 15 is 0 Å². The zero-order valence-corrected chi connectivity index (χ0v) is 23.9. The molecule has 2 N–H and O–H groups in total. The molecule has 204 valence electrons. The van der Waals surface area contributed by atoms with Crippen molar-refractivity contribution in [3.05, 3.63) is 65.2 Å². The molecule has 0 fully saturated rings. The second-order valence-corrected chi connectivity index (χ2v) is 10.9. The largest absolute Gasteiger partial charge is 0.444 e. The predicted octanol–water partition coefficient (Wildman–Crippen LogP) is 5.24. The molecule has 2 rings (SSSR count). The summed E-state index contributed by atoms with van der Waals surface area (Å²) in [4.78, 5) is 41.5. The molecule has 2 atom stereocenters. The van der Waals surface area contributed by atoms with Crippen molar-refractivity contribution >= 4 is 35.4 Å². The Hall–Kier alpha value is -3.51. The first-order valence-electron chi connectivity index (χ1n) is 12.6. The van der Waals surface area contributed by atoms with E-state index < -0.39 is 35.6 Å². The Balaban J connectivity index is 2.50. The SMILES string of the molecule is CCc1ccc(C(C(=O)Nc2ccccc2C)N(CC#N)C(=O)C(CCSC)NC(=O)OC(C)(C)C)cc1. The van der Waals surface area contributed by atoms with Gasteiger partial charge in [-0.05, 0) is 75.3 Å². The Kier molecular flexibility index (Phi) is 11.7. The van der Waals surface area contributed by atoms with Gasteiger partial charge in [0.05, 0.1) is 6.07 Å². The Bertz CT molecular complexity index is 1140. The normalized spacial score (nSPS) is 12.6. The fraction of sp³-hybridized carbons (Fsp3) is 0.448. The van der Waals surface area contributed by atoms with Gasteiger partial charge in [-0.3, -0.25) is 9.59 Å². The van der Waals surface area contributed by atoms with Gasteiger partial charge in [-0.1, -0.05) is 49.4 Å². The van der Waals surface area contributed by atoms with Gasteiger partial charge in [0, 0.05) is 5.69 Å². The summed E-state index contributed by atoms with van der Waals surface area (Å²) in [5.41, 5.74) is 2.37. The van der Waals surface area contributed by atoms with Gasteiger partial charge in [-0.15, -0.1) is 0 Å². The fourth-order valence-electron chi connectivity index (χ4n) is 3.84. The van der Waals surface area contributed by atoms with Gasteiger partial charge in [0.1, 0.15) is 24.2 Å². The number of carbonyl (C=O) groups excluding carboxylic acids is 3. The molecule has 9 heteroatoms. The number of anilines is 1. The summed E-state index contributed by atoms with van der Waals surface area (Å²) in [5.74, 6) is -0.401. The number of hydrogen-bond donors (Lipinski definition) is 2. The molecule has 2 aromatic rings. The number of rotatable bonds is 11. The van der Waals surface area contributed by atoms with Crippen molar-refractivity contribution in [3.8, 4) is 6.07 Å². The van der Waals surface area contributed by atoms with E-state index in [2.05, 4.69) is 10.6 Å². The van der Waals surface area contributed by atoms with E-state index in [-0.39, 0.29) is 6.54 Å². The van der Waals surface area contributed by atoms with Gasteiger partial charge in [0.2, 0.25) is 5.91 Å². The molecule has 0 saturated heterocycles. The van der Waals surface area contributed by atoms with Crippen LogP contribution in [-0.2, 0) is 20.7 Å². The monoisotopic (exact) mass is 538 g/mol. The lowest BCUT2D eigenvalue weighted by Crippen LogP contribution is -2.52. The molecule has 38 heavy (non-hydrogen) atoms. The zero-order valence-electron chi connectivity index (χ0n) is 23.0. The van der Waals surface area contributed by atoms with E-state index in [9.17, 15) is 19.6 Å². The van der Waals surface area contributed by atoms with Crippen molar-refractivity contribution in [2.24, 2.45) is 0 Å². The van der Waals surface area contributed by atoms with Gasteiger partial charge in [-0.2, -0.15) is 17.0 Å². The van der Waals surface area contributed by atoms with E-state index in [1.165, 1.54) is 16.7 Å². The number of thioether (sulfide) groups is 1. The molecule has 0 aliphatic rings.